The fourth-order valence-electron chi connectivity index (χ4n) is 6.14. The Morgan fingerprint density at radius 2 is 1.84 bits per heavy atom. The number of ether oxygens (including phenoxy) is 1. The molecule has 0 radical (unpaired) electrons. The number of hydrogen-bond acceptors (Lipinski definition) is 6. The Balaban J connectivity index is 1.14. The molecule has 238 valence electrons. The molecule has 2 aromatic carbocycles. The van der Waals surface area contributed by atoms with Crippen LogP contribution >= 0.6 is 11.6 Å². The number of amides is 1. The summed E-state index contributed by atoms with van der Waals surface area (Å²) in [6, 6.07) is 16.8. The van der Waals surface area contributed by atoms with Gasteiger partial charge in [-0.15, -0.1) is 0 Å². The molecule has 2 aromatic heterocycles. The van der Waals surface area contributed by atoms with Crippen LogP contribution < -0.4 is 10.9 Å². The second kappa shape index (κ2) is 12.6. The number of aliphatic hydroxyl groups is 1. The number of aromatic nitrogens is 3. The molecule has 2 saturated heterocycles. The highest BCUT2D eigenvalue weighted by atomic mass is 35.5. The molecule has 6 rings (SSSR count). The van der Waals surface area contributed by atoms with Crippen molar-refractivity contribution in [1.82, 2.24) is 24.3 Å². The van der Waals surface area contributed by atoms with E-state index in [-0.39, 0.29) is 55.0 Å². The molecule has 4 heterocycles. The number of fused-ring (bicyclic) bond motifs is 1. The Morgan fingerprint density at radius 1 is 1.13 bits per heavy atom. The zero-order valence-corrected chi connectivity index (χ0v) is 25.1. The minimum Gasteiger partial charge on any atom is -0.388 e. The molecule has 2 atom stereocenters. The van der Waals surface area contributed by atoms with Crippen LogP contribution in [0.25, 0.3) is 16.7 Å². The van der Waals surface area contributed by atoms with Crippen LogP contribution in [-0.4, -0.2) is 74.7 Å². The molecule has 2 fully saturated rings. The SMILES string of the molecule is O=C(CC(c1ccccc1)C(F)(F)F)N1CCC(O)(Cn2cnc3c(cc(Cl)n3-c3ccc([C@H]4COCCN4)cc3)c2=O)CC1. The van der Waals surface area contributed by atoms with E-state index in [1.165, 1.54) is 40.1 Å². The monoisotopic (exact) mass is 643 g/mol. The van der Waals surface area contributed by atoms with Gasteiger partial charge in [0.05, 0.1) is 42.7 Å². The normalized spacial score (nSPS) is 19.5. The van der Waals surface area contributed by atoms with E-state index >= 15 is 0 Å². The van der Waals surface area contributed by atoms with Crippen LogP contribution in [0.15, 0.2) is 71.8 Å². The second-order valence-corrected chi connectivity index (χ2v) is 12.1. The number of benzene rings is 2. The molecule has 0 saturated carbocycles. The van der Waals surface area contributed by atoms with Crippen molar-refractivity contribution in [2.45, 2.75) is 49.5 Å². The highest BCUT2D eigenvalue weighted by Crippen LogP contribution is 2.38. The molecule has 1 unspecified atom stereocenters. The summed E-state index contributed by atoms with van der Waals surface area (Å²) in [6.45, 7) is 2.10. The fourth-order valence-corrected chi connectivity index (χ4v) is 6.43. The number of nitrogens with one attached hydrogen (secondary N) is 1. The third-order valence-corrected chi connectivity index (χ3v) is 8.98. The van der Waals surface area contributed by atoms with Gasteiger partial charge < -0.3 is 20.1 Å². The first-order chi connectivity index (χ1) is 21.5. The molecular formula is C32H33ClF3N5O4. The van der Waals surface area contributed by atoms with E-state index < -0.39 is 30.0 Å². The van der Waals surface area contributed by atoms with E-state index in [1.807, 2.05) is 24.3 Å². The lowest BCUT2D eigenvalue weighted by Gasteiger charge is -2.39. The van der Waals surface area contributed by atoms with Crippen LogP contribution in [0.3, 0.4) is 0 Å². The lowest BCUT2D eigenvalue weighted by molar-refractivity contribution is -0.162. The quantitative estimate of drug-likeness (QED) is 0.306. The lowest BCUT2D eigenvalue weighted by Crippen LogP contribution is -2.50. The first-order valence-electron chi connectivity index (χ1n) is 14.8. The number of likely N-dealkylation sites (tertiary alicyclic amines) is 1. The predicted octanol–water partition coefficient (Wildman–Crippen LogP) is 4.59. The number of alkyl halides is 3. The summed E-state index contributed by atoms with van der Waals surface area (Å²) in [4.78, 5) is 32.2. The summed E-state index contributed by atoms with van der Waals surface area (Å²) in [5.74, 6) is -2.54. The van der Waals surface area contributed by atoms with Crippen LogP contribution in [0, 0.1) is 0 Å². The maximum absolute atomic E-state index is 13.8. The molecule has 1 amide bonds. The molecule has 0 bridgehead atoms. The maximum atomic E-state index is 13.8. The van der Waals surface area contributed by atoms with E-state index in [0.29, 0.717) is 24.0 Å². The molecule has 45 heavy (non-hydrogen) atoms. The number of carbonyl (C=O) groups is 1. The zero-order chi connectivity index (χ0) is 31.8. The van der Waals surface area contributed by atoms with Gasteiger partial charge in [-0.05, 0) is 42.2 Å². The molecule has 4 aromatic rings. The van der Waals surface area contributed by atoms with Crippen molar-refractivity contribution < 1.29 is 27.8 Å². The van der Waals surface area contributed by atoms with Crippen molar-refractivity contribution >= 4 is 28.5 Å². The summed E-state index contributed by atoms with van der Waals surface area (Å²) in [7, 11) is 0. The maximum Gasteiger partial charge on any atom is 0.396 e. The Bertz CT molecular complexity index is 1710. The molecular weight excluding hydrogens is 611 g/mol. The van der Waals surface area contributed by atoms with Crippen molar-refractivity contribution in [3.8, 4) is 5.69 Å². The molecule has 0 aliphatic carbocycles. The van der Waals surface area contributed by atoms with Gasteiger partial charge >= 0.3 is 6.18 Å². The van der Waals surface area contributed by atoms with Gasteiger partial charge in [-0.1, -0.05) is 54.1 Å². The minimum atomic E-state index is -4.58. The highest BCUT2D eigenvalue weighted by molar-refractivity contribution is 6.31. The van der Waals surface area contributed by atoms with Crippen molar-refractivity contribution in [3.05, 3.63) is 93.6 Å². The molecule has 13 heteroatoms. The van der Waals surface area contributed by atoms with Gasteiger partial charge in [0.15, 0.2) is 5.65 Å². The van der Waals surface area contributed by atoms with Gasteiger partial charge in [-0.2, -0.15) is 13.2 Å². The summed E-state index contributed by atoms with van der Waals surface area (Å²) >= 11 is 6.57. The second-order valence-electron chi connectivity index (χ2n) is 11.7. The van der Waals surface area contributed by atoms with Crippen molar-refractivity contribution in [2.75, 3.05) is 32.8 Å². The largest absolute Gasteiger partial charge is 0.396 e. The van der Waals surface area contributed by atoms with Gasteiger partial charge in [-0.25, -0.2) is 4.98 Å². The summed E-state index contributed by atoms with van der Waals surface area (Å²) in [5.41, 5.74) is 0.473. The molecule has 2 N–H and O–H groups in total. The van der Waals surface area contributed by atoms with Gasteiger partial charge in [-0.3, -0.25) is 18.7 Å². The van der Waals surface area contributed by atoms with Crippen LogP contribution in [0.4, 0.5) is 13.2 Å². The number of carbonyl (C=O) groups excluding carboxylic acids is 1. The predicted molar refractivity (Wildman–Crippen MR) is 163 cm³/mol. The Labute approximate surface area is 262 Å². The molecule has 2 aliphatic rings. The molecule has 2 aliphatic heterocycles. The van der Waals surface area contributed by atoms with Crippen molar-refractivity contribution in [2.24, 2.45) is 0 Å². The van der Waals surface area contributed by atoms with Crippen LogP contribution in [0.5, 0.6) is 0 Å². The third kappa shape index (κ3) is 6.64. The number of hydrogen-bond donors (Lipinski definition) is 2. The topological polar surface area (TPSA) is 102 Å². The number of halogens is 4. The fraction of sp³-hybridized carbons (Fsp3) is 0.406. The van der Waals surface area contributed by atoms with Gasteiger partial charge in [0.2, 0.25) is 5.91 Å². The molecule has 9 nitrogen and oxygen atoms in total. The van der Waals surface area contributed by atoms with E-state index in [4.69, 9.17) is 16.3 Å². The zero-order valence-electron chi connectivity index (χ0n) is 24.3. The summed E-state index contributed by atoms with van der Waals surface area (Å²) < 4.78 is 49.9. The first-order valence-corrected chi connectivity index (χ1v) is 15.2. The van der Waals surface area contributed by atoms with Gasteiger partial charge in [0, 0.05) is 31.7 Å². The third-order valence-electron chi connectivity index (χ3n) is 8.70. The number of morpholine rings is 1. The van der Waals surface area contributed by atoms with Crippen LogP contribution in [-0.2, 0) is 16.1 Å². The van der Waals surface area contributed by atoms with E-state index in [2.05, 4.69) is 10.3 Å². The number of nitrogens with zero attached hydrogens (tertiary/aromatic N) is 4. The van der Waals surface area contributed by atoms with Crippen LogP contribution in [0.1, 0.15) is 42.3 Å². The van der Waals surface area contributed by atoms with Gasteiger partial charge in [0.25, 0.3) is 5.56 Å². The number of rotatable bonds is 7. The van der Waals surface area contributed by atoms with Crippen molar-refractivity contribution in [3.63, 3.8) is 0 Å². The average Bonchev–Trinajstić information content (AvgIpc) is 3.38. The van der Waals surface area contributed by atoms with E-state index in [9.17, 15) is 27.9 Å². The Kier molecular flexibility index (Phi) is 8.75. The molecule has 0 spiro atoms. The Morgan fingerprint density at radius 3 is 2.49 bits per heavy atom. The summed E-state index contributed by atoms with van der Waals surface area (Å²) in [5, 5.41) is 15.3. The van der Waals surface area contributed by atoms with E-state index in [1.54, 1.807) is 16.7 Å². The number of piperidine rings is 1. The first kappa shape index (κ1) is 31.3. The highest BCUT2D eigenvalue weighted by Gasteiger charge is 2.43. The van der Waals surface area contributed by atoms with Crippen molar-refractivity contribution in [1.29, 1.82) is 0 Å². The Hall–Kier alpha value is -3.71. The minimum absolute atomic E-state index is 0.0342. The summed E-state index contributed by atoms with van der Waals surface area (Å²) in [6.07, 6.45) is -3.73. The van der Waals surface area contributed by atoms with Gasteiger partial charge in [0.1, 0.15) is 11.5 Å². The van der Waals surface area contributed by atoms with Crippen LogP contribution in [0.2, 0.25) is 5.15 Å². The average molecular weight is 644 g/mol. The van der Waals surface area contributed by atoms with E-state index in [0.717, 1.165) is 17.8 Å². The lowest BCUT2D eigenvalue weighted by atomic mass is 9.89. The standard InChI is InChI=1S/C32H33ClF3N5O4/c33-27-16-24-29(41(27)23-8-6-22(7-9-23)26-18-45-15-12-37-26)38-20-40(30(24)43)19-31(44)10-13-39(14-11-31)28(42)17-25(32(34,35)36)21-4-2-1-3-5-21/h1-9,16,20,25-26,37,44H,10-15,17-19H2/t25?,26-/m1/s1. The smallest absolute Gasteiger partial charge is 0.388 e.